The van der Waals surface area contributed by atoms with Crippen LogP contribution in [0.5, 0.6) is 0 Å². The third-order valence-electron chi connectivity index (χ3n) is 1.94. The molecule has 1 rings (SSSR count). The SMILES string of the molecule is CC(C)(C)C(N)=Nc1c(F)cccc1Br. The van der Waals surface area contributed by atoms with Gasteiger partial charge in [-0.05, 0) is 28.1 Å². The van der Waals surface area contributed by atoms with Crippen LogP contribution in [0.15, 0.2) is 27.7 Å². The minimum absolute atomic E-state index is 0.255. The highest BCUT2D eigenvalue weighted by molar-refractivity contribution is 9.10. The Bertz CT molecular complexity index is 374. The molecule has 0 bridgehead atoms. The van der Waals surface area contributed by atoms with E-state index < -0.39 is 0 Å². The molecule has 0 aliphatic carbocycles. The molecule has 4 heteroatoms. The van der Waals surface area contributed by atoms with Gasteiger partial charge in [0.05, 0.1) is 0 Å². The molecule has 0 atom stereocenters. The van der Waals surface area contributed by atoms with E-state index in [-0.39, 0.29) is 16.9 Å². The highest BCUT2D eigenvalue weighted by atomic mass is 79.9. The molecule has 82 valence electrons. The van der Waals surface area contributed by atoms with Gasteiger partial charge in [-0.2, -0.15) is 0 Å². The van der Waals surface area contributed by atoms with E-state index in [2.05, 4.69) is 20.9 Å². The molecule has 1 aromatic carbocycles. The summed E-state index contributed by atoms with van der Waals surface area (Å²) in [5, 5.41) is 0. The normalized spacial score (nSPS) is 13.0. The summed E-state index contributed by atoms with van der Waals surface area (Å²) in [7, 11) is 0. The lowest BCUT2D eigenvalue weighted by molar-refractivity contribution is 0.583. The number of benzene rings is 1. The van der Waals surface area contributed by atoms with Gasteiger partial charge >= 0.3 is 0 Å². The molecule has 0 aromatic heterocycles. The number of aliphatic imine (C=N–C) groups is 1. The van der Waals surface area contributed by atoms with Crippen LogP contribution in [0.25, 0.3) is 0 Å². The summed E-state index contributed by atoms with van der Waals surface area (Å²) < 4.78 is 14.0. The van der Waals surface area contributed by atoms with Crippen molar-refractivity contribution in [2.45, 2.75) is 20.8 Å². The second-order valence-electron chi connectivity index (χ2n) is 4.32. The first kappa shape index (κ1) is 12.2. The molecule has 0 heterocycles. The van der Waals surface area contributed by atoms with E-state index in [4.69, 9.17) is 5.73 Å². The van der Waals surface area contributed by atoms with Crippen LogP contribution in [0.2, 0.25) is 0 Å². The van der Waals surface area contributed by atoms with Gasteiger partial charge < -0.3 is 5.73 Å². The van der Waals surface area contributed by atoms with Gasteiger partial charge in [0.15, 0.2) is 0 Å². The number of amidine groups is 1. The Morgan fingerprint density at radius 3 is 2.47 bits per heavy atom. The fourth-order valence-electron chi connectivity index (χ4n) is 0.884. The Morgan fingerprint density at radius 2 is 2.00 bits per heavy atom. The Hall–Kier alpha value is -0.900. The number of hydrogen-bond acceptors (Lipinski definition) is 1. The molecule has 0 aliphatic rings. The molecule has 1 aromatic rings. The van der Waals surface area contributed by atoms with Crippen LogP contribution in [-0.4, -0.2) is 5.84 Å². The summed E-state index contributed by atoms with van der Waals surface area (Å²) >= 11 is 3.24. The zero-order valence-corrected chi connectivity index (χ0v) is 10.6. The molecular formula is C11H14BrFN2. The molecule has 0 saturated carbocycles. The predicted molar refractivity (Wildman–Crippen MR) is 64.8 cm³/mol. The Labute approximate surface area is 97.5 Å². The Morgan fingerprint density at radius 1 is 1.40 bits per heavy atom. The zero-order chi connectivity index (χ0) is 11.6. The maximum atomic E-state index is 13.4. The lowest BCUT2D eigenvalue weighted by atomic mass is 9.95. The number of rotatable bonds is 1. The molecule has 0 fully saturated rings. The lowest BCUT2D eigenvalue weighted by Gasteiger charge is -2.17. The van der Waals surface area contributed by atoms with Gasteiger partial charge in [0, 0.05) is 9.89 Å². The number of para-hydroxylation sites is 1. The summed E-state index contributed by atoms with van der Waals surface area (Å²) in [6.45, 7) is 5.79. The maximum absolute atomic E-state index is 13.4. The summed E-state index contributed by atoms with van der Waals surface area (Å²) in [6.07, 6.45) is 0. The van der Waals surface area contributed by atoms with Crippen LogP contribution in [0.4, 0.5) is 10.1 Å². The smallest absolute Gasteiger partial charge is 0.150 e. The first-order valence-electron chi connectivity index (χ1n) is 4.61. The summed E-state index contributed by atoms with van der Waals surface area (Å²) in [5.74, 6) is 0.0323. The van der Waals surface area contributed by atoms with Gasteiger partial charge in [-0.1, -0.05) is 26.8 Å². The van der Waals surface area contributed by atoms with E-state index in [0.29, 0.717) is 10.3 Å². The van der Waals surface area contributed by atoms with Crippen molar-refractivity contribution in [1.82, 2.24) is 0 Å². The third-order valence-corrected chi connectivity index (χ3v) is 2.58. The van der Waals surface area contributed by atoms with E-state index in [0.717, 1.165) is 0 Å². The lowest BCUT2D eigenvalue weighted by Crippen LogP contribution is -2.28. The first-order valence-corrected chi connectivity index (χ1v) is 5.40. The molecule has 0 aliphatic heterocycles. The van der Waals surface area contributed by atoms with Gasteiger partial charge in [0.2, 0.25) is 0 Å². The molecule has 0 radical (unpaired) electrons. The van der Waals surface area contributed by atoms with E-state index in [1.54, 1.807) is 12.1 Å². The highest BCUT2D eigenvalue weighted by Crippen LogP contribution is 2.29. The molecule has 15 heavy (non-hydrogen) atoms. The maximum Gasteiger partial charge on any atom is 0.150 e. The summed E-state index contributed by atoms with van der Waals surface area (Å²) in [6, 6.07) is 4.71. The average Bonchev–Trinajstić information content (AvgIpc) is 2.09. The number of nitrogens with zero attached hydrogens (tertiary/aromatic N) is 1. The van der Waals surface area contributed by atoms with Crippen molar-refractivity contribution in [1.29, 1.82) is 0 Å². The van der Waals surface area contributed by atoms with Crippen molar-refractivity contribution in [3.63, 3.8) is 0 Å². The van der Waals surface area contributed by atoms with Crippen molar-refractivity contribution in [3.8, 4) is 0 Å². The third kappa shape index (κ3) is 3.02. The van der Waals surface area contributed by atoms with E-state index >= 15 is 0 Å². The van der Waals surface area contributed by atoms with Crippen LogP contribution in [-0.2, 0) is 0 Å². The minimum Gasteiger partial charge on any atom is -0.387 e. The Kier molecular flexibility index (Phi) is 3.50. The summed E-state index contributed by atoms with van der Waals surface area (Å²) in [5.41, 5.74) is 5.78. The minimum atomic E-state index is -0.378. The molecule has 2 N–H and O–H groups in total. The molecule has 2 nitrogen and oxygen atoms in total. The standard InChI is InChI=1S/C11H14BrFN2/c1-11(2,3)10(14)15-9-7(12)5-4-6-8(9)13/h4-6H,1-3H3,(H2,14,15). The van der Waals surface area contributed by atoms with Crippen molar-refractivity contribution in [2.24, 2.45) is 16.1 Å². The van der Waals surface area contributed by atoms with Crippen LogP contribution in [0.3, 0.4) is 0 Å². The van der Waals surface area contributed by atoms with Gasteiger partial charge in [-0.3, -0.25) is 0 Å². The highest BCUT2D eigenvalue weighted by Gasteiger charge is 2.17. The first-order chi connectivity index (χ1) is 6.82. The van der Waals surface area contributed by atoms with Crippen LogP contribution >= 0.6 is 15.9 Å². The van der Waals surface area contributed by atoms with Crippen molar-refractivity contribution >= 4 is 27.5 Å². The predicted octanol–water partition coefficient (Wildman–Crippen LogP) is 3.62. The van der Waals surface area contributed by atoms with E-state index in [9.17, 15) is 4.39 Å². The molecule has 0 unspecified atom stereocenters. The monoisotopic (exact) mass is 272 g/mol. The number of nitrogens with two attached hydrogens (primary N) is 1. The van der Waals surface area contributed by atoms with Crippen LogP contribution < -0.4 is 5.73 Å². The second-order valence-corrected chi connectivity index (χ2v) is 5.17. The van der Waals surface area contributed by atoms with Gasteiger partial charge in [-0.25, -0.2) is 9.38 Å². The van der Waals surface area contributed by atoms with Gasteiger partial charge in [-0.15, -0.1) is 0 Å². The molecule has 0 amide bonds. The summed E-state index contributed by atoms with van der Waals surface area (Å²) in [4.78, 5) is 4.10. The van der Waals surface area contributed by atoms with E-state index in [1.807, 2.05) is 20.8 Å². The van der Waals surface area contributed by atoms with Gasteiger partial charge in [0.25, 0.3) is 0 Å². The topological polar surface area (TPSA) is 38.4 Å². The average molecular weight is 273 g/mol. The number of hydrogen-bond donors (Lipinski definition) is 1. The van der Waals surface area contributed by atoms with Crippen LogP contribution in [0, 0.1) is 11.2 Å². The van der Waals surface area contributed by atoms with Crippen molar-refractivity contribution < 1.29 is 4.39 Å². The van der Waals surface area contributed by atoms with Crippen LogP contribution in [0.1, 0.15) is 20.8 Å². The second kappa shape index (κ2) is 4.31. The fraction of sp³-hybridized carbons (Fsp3) is 0.364. The zero-order valence-electron chi connectivity index (χ0n) is 9.01. The van der Waals surface area contributed by atoms with E-state index in [1.165, 1.54) is 6.07 Å². The fourth-order valence-corrected chi connectivity index (χ4v) is 1.31. The quantitative estimate of drug-likeness (QED) is 0.616. The molecule has 0 spiro atoms. The van der Waals surface area contributed by atoms with Crippen molar-refractivity contribution in [2.75, 3.05) is 0 Å². The molecular weight excluding hydrogens is 259 g/mol. The number of halogens is 2. The molecule has 0 saturated heterocycles. The van der Waals surface area contributed by atoms with Crippen molar-refractivity contribution in [3.05, 3.63) is 28.5 Å². The van der Waals surface area contributed by atoms with Gasteiger partial charge in [0.1, 0.15) is 17.3 Å². The largest absolute Gasteiger partial charge is 0.387 e. The Balaban J connectivity index is 3.19.